The SMILES string of the molecule is Fc1cccc(-c2nc(CN3CCCN(Cc4coc(-c5cccc(F)c5)n4)CC3)co2)c1. The summed E-state index contributed by atoms with van der Waals surface area (Å²) in [5.74, 6) is 0.243. The van der Waals surface area contributed by atoms with Crippen LogP contribution >= 0.6 is 0 Å². The molecule has 1 saturated heterocycles. The van der Waals surface area contributed by atoms with Crippen molar-refractivity contribution in [3.05, 3.63) is 84.1 Å². The third-order valence-electron chi connectivity index (χ3n) is 5.70. The topological polar surface area (TPSA) is 58.5 Å². The molecule has 6 nitrogen and oxygen atoms in total. The van der Waals surface area contributed by atoms with Gasteiger partial charge in [-0.15, -0.1) is 0 Å². The summed E-state index contributed by atoms with van der Waals surface area (Å²) >= 11 is 0. The molecule has 0 atom stereocenters. The predicted molar refractivity (Wildman–Crippen MR) is 119 cm³/mol. The Kier molecular flexibility index (Phi) is 6.28. The molecule has 33 heavy (non-hydrogen) atoms. The quantitative estimate of drug-likeness (QED) is 0.413. The maximum atomic E-state index is 13.5. The van der Waals surface area contributed by atoms with Crippen LogP contribution in [0.15, 0.2) is 69.9 Å². The van der Waals surface area contributed by atoms with E-state index in [-0.39, 0.29) is 11.6 Å². The molecule has 5 rings (SSSR count). The summed E-state index contributed by atoms with van der Waals surface area (Å²) < 4.78 is 38.1. The average Bonchev–Trinajstić information content (AvgIpc) is 3.41. The third-order valence-corrected chi connectivity index (χ3v) is 5.70. The minimum absolute atomic E-state index is 0.310. The smallest absolute Gasteiger partial charge is 0.226 e. The zero-order valence-corrected chi connectivity index (χ0v) is 18.1. The number of benzene rings is 2. The summed E-state index contributed by atoms with van der Waals surface area (Å²) in [5, 5.41) is 0. The van der Waals surface area contributed by atoms with Crippen LogP contribution in [0.25, 0.3) is 22.9 Å². The van der Waals surface area contributed by atoms with Gasteiger partial charge in [0.1, 0.15) is 24.2 Å². The molecule has 0 saturated carbocycles. The van der Waals surface area contributed by atoms with E-state index in [1.54, 1.807) is 36.8 Å². The van der Waals surface area contributed by atoms with Crippen LogP contribution < -0.4 is 0 Å². The summed E-state index contributed by atoms with van der Waals surface area (Å²) in [6.07, 6.45) is 4.31. The van der Waals surface area contributed by atoms with Gasteiger partial charge >= 0.3 is 0 Å². The van der Waals surface area contributed by atoms with E-state index in [0.717, 1.165) is 44.0 Å². The zero-order valence-electron chi connectivity index (χ0n) is 18.1. The van der Waals surface area contributed by atoms with Gasteiger partial charge in [0.15, 0.2) is 0 Å². The largest absolute Gasteiger partial charge is 0.444 e. The lowest BCUT2D eigenvalue weighted by Gasteiger charge is -2.20. The fraction of sp³-hybridized carbons (Fsp3) is 0.280. The third kappa shape index (κ3) is 5.35. The van der Waals surface area contributed by atoms with Crippen LogP contribution in [0.5, 0.6) is 0 Å². The van der Waals surface area contributed by atoms with Crippen LogP contribution in [0.3, 0.4) is 0 Å². The van der Waals surface area contributed by atoms with Gasteiger partial charge in [0, 0.05) is 37.3 Å². The van der Waals surface area contributed by atoms with Crippen molar-refractivity contribution in [1.29, 1.82) is 0 Å². The fourth-order valence-electron chi connectivity index (χ4n) is 4.07. The van der Waals surface area contributed by atoms with Gasteiger partial charge in [0.25, 0.3) is 0 Å². The number of aromatic nitrogens is 2. The predicted octanol–water partition coefficient (Wildman–Crippen LogP) is 4.98. The highest BCUT2D eigenvalue weighted by molar-refractivity contribution is 5.53. The summed E-state index contributed by atoms with van der Waals surface area (Å²) in [7, 11) is 0. The number of hydrogen-bond donors (Lipinski definition) is 0. The molecule has 1 fully saturated rings. The average molecular weight is 450 g/mol. The Bertz CT molecular complexity index is 1130. The van der Waals surface area contributed by atoms with E-state index >= 15 is 0 Å². The Morgan fingerprint density at radius 1 is 0.697 bits per heavy atom. The number of oxazole rings is 2. The van der Waals surface area contributed by atoms with Crippen LogP contribution in [0.2, 0.25) is 0 Å². The molecule has 3 heterocycles. The maximum absolute atomic E-state index is 13.5. The molecule has 1 aliphatic heterocycles. The lowest BCUT2D eigenvalue weighted by atomic mass is 10.2. The number of halogens is 2. The highest BCUT2D eigenvalue weighted by Crippen LogP contribution is 2.22. The number of hydrogen-bond acceptors (Lipinski definition) is 6. The van der Waals surface area contributed by atoms with Crippen LogP contribution in [0.1, 0.15) is 17.8 Å². The first-order valence-corrected chi connectivity index (χ1v) is 11.0. The first-order valence-electron chi connectivity index (χ1n) is 11.0. The minimum Gasteiger partial charge on any atom is -0.444 e. The molecule has 2 aromatic heterocycles. The van der Waals surface area contributed by atoms with E-state index < -0.39 is 0 Å². The first-order chi connectivity index (χ1) is 16.1. The highest BCUT2D eigenvalue weighted by Gasteiger charge is 2.18. The van der Waals surface area contributed by atoms with Gasteiger partial charge < -0.3 is 8.83 Å². The van der Waals surface area contributed by atoms with Gasteiger partial charge in [0.05, 0.1) is 11.4 Å². The van der Waals surface area contributed by atoms with Crippen LogP contribution in [0.4, 0.5) is 8.78 Å². The van der Waals surface area contributed by atoms with Crippen molar-refractivity contribution in [3.63, 3.8) is 0 Å². The molecule has 0 amide bonds. The van der Waals surface area contributed by atoms with Gasteiger partial charge in [-0.05, 0) is 55.9 Å². The monoisotopic (exact) mass is 450 g/mol. The van der Waals surface area contributed by atoms with Crippen LogP contribution in [0, 0.1) is 11.6 Å². The van der Waals surface area contributed by atoms with Crippen LogP contribution in [-0.4, -0.2) is 45.9 Å². The molecule has 170 valence electrons. The van der Waals surface area contributed by atoms with E-state index in [9.17, 15) is 8.78 Å². The molecule has 0 unspecified atom stereocenters. The Labute approximate surface area is 190 Å². The Hall–Kier alpha value is -3.36. The molecule has 0 N–H and O–H groups in total. The standard InChI is InChI=1S/C25H24F2N4O2/c26-20-6-1-4-18(12-20)24-28-22(16-32-24)14-30-8-3-9-31(11-10-30)15-23-17-33-25(29-23)19-5-2-7-21(27)13-19/h1-2,4-7,12-13,16-17H,3,8-11,14-15H2. The van der Waals surface area contributed by atoms with Gasteiger partial charge in [-0.2, -0.15) is 0 Å². The summed E-state index contributed by atoms with van der Waals surface area (Å²) in [6.45, 7) is 5.03. The number of rotatable bonds is 6. The Morgan fingerprint density at radius 3 is 1.64 bits per heavy atom. The molecule has 1 aliphatic rings. The lowest BCUT2D eigenvalue weighted by Crippen LogP contribution is -2.30. The van der Waals surface area contributed by atoms with Crippen molar-refractivity contribution in [3.8, 4) is 22.9 Å². The zero-order chi connectivity index (χ0) is 22.6. The molecule has 0 radical (unpaired) electrons. The molecule has 0 spiro atoms. The van der Waals surface area contributed by atoms with E-state index in [2.05, 4.69) is 19.8 Å². The Morgan fingerprint density at radius 2 is 1.18 bits per heavy atom. The fourth-order valence-corrected chi connectivity index (χ4v) is 4.07. The second kappa shape index (κ2) is 9.64. The van der Waals surface area contributed by atoms with Crippen molar-refractivity contribution in [2.24, 2.45) is 0 Å². The normalized spacial score (nSPS) is 15.6. The summed E-state index contributed by atoms with van der Waals surface area (Å²) in [5.41, 5.74) is 2.93. The van der Waals surface area contributed by atoms with Gasteiger partial charge in [0.2, 0.25) is 11.8 Å². The van der Waals surface area contributed by atoms with Crippen molar-refractivity contribution in [1.82, 2.24) is 19.8 Å². The highest BCUT2D eigenvalue weighted by atomic mass is 19.1. The van der Waals surface area contributed by atoms with Crippen molar-refractivity contribution < 1.29 is 17.6 Å². The van der Waals surface area contributed by atoms with E-state index in [0.29, 0.717) is 36.0 Å². The van der Waals surface area contributed by atoms with Crippen molar-refractivity contribution in [2.75, 3.05) is 26.2 Å². The molecule has 0 bridgehead atoms. The van der Waals surface area contributed by atoms with Crippen molar-refractivity contribution in [2.45, 2.75) is 19.5 Å². The van der Waals surface area contributed by atoms with Crippen molar-refractivity contribution >= 4 is 0 Å². The van der Waals surface area contributed by atoms with Gasteiger partial charge in [-0.1, -0.05) is 12.1 Å². The Balaban J connectivity index is 1.16. The molecular weight excluding hydrogens is 426 g/mol. The maximum Gasteiger partial charge on any atom is 0.226 e. The molecular formula is C25H24F2N4O2. The van der Waals surface area contributed by atoms with E-state index in [1.165, 1.54) is 24.3 Å². The molecule has 8 heteroatoms. The van der Waals surface area contributed by atoms with E-state index in [4.69, 9.17) is 8.83 Å². The minimum atomic E-state index is -0.310. The van der Waals surface area contributed by atoms with Gasteiger partial charge in [-0.25, -0.2) is 18.7 Å². The first kappa shape index (κ1) is 21.5. The van der Waals surface area contributed by atoms with E-state index in [1.807, 2.05) is 0 Å². The number of nitrogens with zero attached hydrogens (tertiary/aromatic N) is 4. The second-order valence-corrected chi connectivity index (χ2v) is 8.21. The molecule has 2 aromatic carbocycles. The molecule has 4 aromatic rings. The van der Waals surface area contributed by atoms with Gasteiger partial charge in [-0.3, -0.25) is 9.80 Å². The summed E-state index contributed by atoms with van der Waals surface area (Å²) in [4.78, 5) is 13.7. The molecule has 0 aliphatic carbocycles. The van der Waals surface area contributed by atoms with Crippen LogP contribution in [-0.2, 0) is 13.1 Å². The summed E-state index contributed by atoms with van der Waals surface area (Å²) in [6, 6.07) is 12.5. The lowest BCUT2D eigenvalue weighted by molar-refractivity contribution is 0.244. The second-order valence-electron chi connectivity index (χ2n) is 8.21.